The van der Waals surface area contributed by atoms with Crippen LogP contribution >= 0.6 is 11.6 Å². The highest BCUT2D eigenvalue weighted by molar-refractivity contribution is 6.35. The van der Waals surface area contributed by atoms with Gasteiger partial charge in [-0.15, -0.1) is 0 Å². The van der Waals surface area contributed by atoms with Gasteiger partial charge >= 0.3 is 11.9 Å². The van der Waals surface area contributed by atoms with E-state index < -0.39 is 40.8 Å². The number of fused-ring (bicyclic) bond motifs is 1. The standard InChI is InChI=1S/C31H34ClN3O10/c1-16-21(15-33(3)14-6-7-22(37)20-12-13-23(43-4)28(44-5)25(20)32)27(34-26(16)24(17(2)36)29(34)38)31(40)45-30(39)18-8-10-19(11-9-18)35(41)42/h8-13,16-17,24,26,36H,6-7,14-15H2,1-5H3/t16-,17+,24+,26+/m0/s1. The molecular weight excluding hydrogens is 610 g/mol. The fourth-order valence-corrected chi connectivity index (χ4v) is 6.21. The minimum atomic E-state index is -1.04. The molecule has 45 heavy (non-hydrogen) atoms. The third-order valence-corrected chi connectivity index (χ3v) is 8.55. The molecule has 2 heterocycles. The monoisotopic (exact) mass is 643 g/mol. The first-order valence-corrected chi connectivity index (χ1v) is 14.6. The van der Waals surface area contributed by atoms with Crippen molar-refractivity contribution in [3.05, 3.63) is 73.9 Å². The van der Waals surface area contributed by atoms with E-state index in [-0.39, 0.29) is 52.4 Å². The SMILES string of the molecule is COc1ccc(C(=O)CCCN(C)CC2=C(C(=O)OC(=O)c3ccc([N+](=O)[O-])cc3)N3C(=O)[C@H]([C@@H](C)O)[C@H]3[C@H]2C)c(Cl)c1OC. The van der Waals surface area contributed by atoms with Crippen LogP contribution in [0.2, 0.25) is 5.02 Å². The maximum absolute atomic E-state index is 13.4. The lowest BCUT2D eigenvalue weighted by atomic mass is 9.77. The van der Waals surface area contributed by atoms with Crippen LogP contribution in [0.4, 0.5) is 5.69 Å². The lowest BCUT2D eigenvalue weighted by Crippen LogP contribution is -2.63. The number of nitrogens with zero attached hydrogens (tertiary/aromatic N) is 3. The van der Waals surface area contributed by atoms with Crippen LogP contribution in [-0.2, 0) is 14.3 Å². The number of hydrogen-bond donors (Lipinski definition) is 1. The Morgan fingerprint density at radius 1 is 1.11 bits per heavy atom. The molecule has 0 unspecified atom stereocenters. The van der Waals surface area contributed by atoms with Crippen LogP contribution in [0.5, 0.6) is 11.5 Å². The van der Waals surface area contributed by atoms with Crippen LogP contribution in [0.1, 0.15) is 47.4 Å². The maximum Gasteiger partial charge on any atom is 0.362 e. The number of Topliss-reactive ketones (excluding diaryl/α,β-unsaturated/α-hetero) is 1. The quantitative estimate of drug-likeness (QED) is 0.0845. The second kappa shape index (κ2) is 13.8. The highest BCUT2D eigenvalue weighted by atomic mass is 35.5. The number of rotatable bonds is 13. The highest BCUT2D eigenvalue weighted by Gasteiger charge is 2.60. The van der Waals surface area contributed by atoms with E-state index in [2.05, 4.69) is 0 Å². The predicted molar refractivity (Wildman–Crippen MR) is 161 cm³/mol. The van der Waals surface area contributed by atoms with E-state index in [9.17, 15) is 34.4 Å². The summed E-state index contributed by atoms with van der Waals surface area (Å²) in [5, 5.41) is 21.3. The molecule has 0 aromatic heterocycles. The molecule has 4 atom stereocenters. The summed E-state index contributed by atoms with van der Waals surface area (Å²) in [5.41, 5.74) is 0.479. The Labute approximate surface area is 264 Å². The minimum Gasteiger partial charge on any atom is -0.493 e. The average molecular weight is 644 g/mol. The molecule has 0 spiro atoms. The van der Waals surface area contributed by atoms with E-state index in [0.717, 1.165) is 12.1 Å². The molecule has 1 fully saturated rings. The summed E-state index contributed by atoms with van der Waals surface area (Å²) < 4.78 is 15.6. The van der Waals surface area contributed by atoms with E-state index in [4.69, 9.17) is 25.8 Å². The molecule has 2 aliphatic heterocycles. The summed E-state index contributed by atoms with van der Waals surface area (Å²) in [6.45, 7) is 4.00. The second-order valence-electron chi connectivity index (χ2n) is 11.0. The number of ketones is 1. The normalized spacial score (nSPS) is 19.6. The number of ether oxygens (including phenoxy) is 3. The lowest BCUT2D eigenvalue weighted by molar-refractivity contribution is -0.384. The van der Waals surface area contributed by atoms with Crippen molar-refractivity contribution in [2.24, 2.45) is 11.8 Å². The Hall–Kier alpha value is -4.33. The molecule has 240 valence electrons. The lowest BCUT2D eigenvalue weighted by Gasteiger charge is -2.46. The van der Waals surface area contributed by atoms with Gasteiger partial charge in [0.25, 0.3) is 5.69 Å². The Kier molecular flexibility index (Phi) is 10.3. The molecule has 0 aliphatic carbocycles. The van der Waals surface area contributed by atoms with Gasteiger partial charge in [0.2, 0.25) is 5.91 Å². The van der Waals surface area contributed by atoms with Crippen LogP contribution < -0.4 is 9.47 Å². The number of hydrogen-bond acceptors (Lipinski definition) is 11. The first kappa shape index (κ1) is 33.6. The molecule has 0 saturated carbocycles. The number of β-lactam (4-membered cyclic amide) rings is 1. The molecule has 2 aliphatic rings. The number of nitro benzene ring substituents is 1. The Bertz CT molecular complexity index is 1560. The number of nitro groups is 1. The zero-order valence-electron chi connectivity index (χ0n) is 25.4. The van der Waals surface area contributed by atoms with Crippen LogP contribution in [0.25, 0.3) is 0 Å². The molecule has 1 N–H and O–H groups in total. The van der Waals surface area contributed by atoms with Gasteiger partial charge in [-0.1, -0.05) is 18.5 Å². The van der Waals surface area contributed by atoms with Gasteiger partial charge in [0.1, 0.15) is 5.70 Å². The van der Waals surface area contributed by atoms with Crippen LogP contribution in [0.3, 0.4) is 0 Å². The van der Waals surface area contributed by atoms with Crippen molar-refractivity contribution in [1.29, 1.82) is 0 Å². The molecule has 1 saturated heterocycles. The average Bonchev–Trinajstić information content (AvgIpc) is 3.23. The van der Waals surface area contributed by atoms with E-state index in [1.807, 2.05) is 11.8 Å². The third kappa shape index (κ3) is 6.56. The zero-order chi connectivity index (χ0) is 33.2. The molecular formula is C31H34ClN3O10. The Morgan fingerprint density at radius 2 is 1.78 bits per heavy atom. The topological polar surface area (TPSA) is 166 Å². The van der Waals surface area contributed by atoms with Gasteiger partial charge in [0, 0.05) is 36.6 Å². The van der Waals surface area contributed by atoms with Gasteiger partial charge in [0.05, 0.1) is 47.8 Å². The van der Waals surface area contributed by atoms with E-state index >= 15 is 0 Å². The summed E-state index contributed by atoms with van der Waals surface area (Å²) in [5.74, 6) is -3.09. The van der Waals surface area contributed by atoms with Crippen molar-refractivity contribution in [2.75, 3.05) is 34.4 Å². The second-order valence-corrected chi connectivity index (χ2v) is 11.4. The van der Waals surface area contributed by atoms with Gasteiger partial charge in [-0.05, 0) is 56.8 Å². The third-order valence-electron chi connectivity index (χ3n) is 8.18. The van der Waals surface area contributed by atoms with Crippen molar-refractivity contribution in [1.82, 2.24) is 9.80 Å². The molecule has 1 amide bonds. The van der Waals surface area contributed by atoms with Crippen LogP contribution in [0.15, 0.2) is 47.7 Å². The Morgan fingerprint density at radius 3 is 2.36 bits per heavy atom. The summed E-state index contributed by atoms with van der Waals surface area (Å²) in [4.78, 5) is 65.6. The van der Waals surface area contributed by atoms with Gasteiger partial charge in [-0.25, -0.2) is 9.59 Å². The minimum absolute atomic E-state index is 0.0651. The smallest absolute Gasteiger partial charge is 0.362 e. The summed E-state index contributed by atoms with van der Waals surface area (Å²) in [6, 6.07) is 7.27. The van der Waals surface area contributed by atoms with Gasteiger partial charge in [0.15, 0.2) is 17.3 Å². The van der Waals surface area contributed by atoms with Crippen molar-refractivity contribution in [2.45, 2.75) is 38.8 Å². The highest BCUT2D eigenvalue weighted by Crippen LogP contribution is 2.47. The number of carbonyl (C=O) groups is 4. The number of methoxy groups -OCH3 is 2. The van der Waals surface area contributed by atoms with Gasteiger partial charge in [-0.3, -0.25) is 19.7 Å². The first-order valence-electron chi connectivity index (χ1n) is 14.2. The number of esters is 2. The number of non-ortho nitro benzene ring substituents is 1. The molecule has 0 bridgehead atoms. The molecule has 2 aromatic rings. The fraction of sp³-hybridized carbons (Fsp3) is 0.419. The summed E-state index contributed by atoms with van der Waals surface area (Å²) >= 11 is 6.39. The fourth-order valence-electron chi connectivity index (χ4n) is 5.87. The van der Waals surface area contributed by atoms with Gasteiger partial charge < -0.3 is 29.1 Å². The van der Waals surface area contributed by atoms with Gasteiger partial charge in [-0.2, -0.15) is 0 Å². The number of likely N-dealkylation sites (N-methyl/N-ethyl adjacent to an activating group) is 1. The predicted octanol–water partition coefficient (Wildman–Crippen LogP) is 3.66. The van der Waals surface area contributed by atoms with Crippen molar-refractivity contribution < 1.29 is 43.4 Å². The molecule has 2 aromatic carbocycles. The van der Waals surface area contributed by atoms with E-state index in [1.54, 1.807) is 19.2 Å². The summed E-state index contributed by atoms with van der Waals surface area (Å²) in [7, 11) is 4.69. The van der Waals surface area contributed by atoms with Crippen LogP contribution in [0, 0.1) is 22.0 Å². The number of aliphatic hydroxyl groups is 1. The van der Waals surface area contributed by atoms with Crippen molar-refractivity contribution in [3.63, 3.8) is 0 Å². The first-order chi connectivity index (χ1) is 21.3. The number of aliphatic hydroxyl groups excluding tert-OH is 1. The van der Waals surface area contributed by atoms with Crippen molar-refractivity contribution in [3.8, 4) is 11.5 Å². The van der Waals surface area contributed by atoms with Crippen LogP contribution in [-0.4, -0.2) is 90.0 Å². The molecule has 13 nitrogen and oxygen atoms in total. The molecule has 4 rings (SSSR count). The number of benzene rings is 2. The number of halogens is 1. The molecule has 0 radical (unpaired) electrons. The molecule has 14 heteroatoms. The van der Waals surface area contributed by atoms with Crippen molar-refractivity contribution >= 4 is 40.9 Å². The Balaban J connectivity index is 1.48. The number of amides is 1. The largest absolute Gasteiger partial charge is 0.493 e. The summed E-state index contributed by atoms with van der Waals surface area (Å²) in [6.07, 6.45) is -0.334. The zero-order valence-corrected chi connectivity index (χ0v) is 26.2. The maximum atomic E-state index is 13.4. The number of carbonyl (C=O) groups excluding carboxylic acids is 4. The van der Waals surface area contributed by atoms with E-state index in [0.29, 0.717) is 29.9 Å². The van der Waals surface area contributed by atoms with E-state index in [1.165, 1.54) is 38.2 Å².